The molecule has 3 nitrogen and oxygen atoms in total. The van der Waals surface area contributed by atoms with Crippen LogP contribution in [0.3, 0.4) is 0 Å². The minimum atomic E-state index is -0.362. The maximum atomic E-state index is 13.1. The monoisotopic (exact) mass is 234 g/mol. The van der Waals surface area contributed by atoms with Gasteiger partial charge < -0.3 is 5.11 Å². The average molecular weight is 234 g/mol. The maximum Gasteiger partial charge on any atom is 0.124 e. The minimum absolute atomic E-state index is 0.0708. The van der Waals surface area contributed by atoms with Gasteiger partial charge in [0.25, 0.3) is 0 Å². The predicted octanol–water partition coefficient (Wildman–Crippen LogP) is 3.19. The third-order valence-corrected chi connectivity index (χ3v) is 2.64. The highest BCUT2D eigenvalue weighted by Crippen LogP contribution is 2.29. The molecule has 2 aromatic rings. The van der Waals surface area contributed by atoms with Gasteiger partial charge in [-0.15, -0.1) is 0 Å². The van der Waals surface area contributed by atoms with Crippen LogP contribution in [0, 0.1) is 5.82 Å². The Bertz CT molecular complexity index is 508. The number of rotatable bonds is 4. The van der Waals surface area contributed by atoms with Crippen LogP contribution < -0.4 is 0 Å². The molecule has 0 aliphatic rings. The summed E-state index contributed by atoms with van der Waals surface area (Å²) in [5, 5.41) is 13.9. The number of halogens is 1. The van der Waals surface area contributed by atoms with Crippen LogP contribution in [-0.2, 0) is 6.54 Å². The first-order chi connectivity index (χ1) is 8.20. The molecule has 90 valence electrons. The van der Waals surface area contributed by atoms with Gasteiger partial charge in [0.15, 0.2) is 0 Å². The fourth-order valence-corrected chi connectivity index (χ4v) is 1.68. The standard InChI is InChI=1S/C13H15FN2O/c1-2-3-6-16-9-10(8-15-16)12-7-11(14)4-5-13(12)17/h4-5,7-9,17H,2-3,6H2,1H3. The molecule has 0 fully saturated rings. The van der Waals surface area contributed by atoms with Crippen molar-refractivity contribution >= 4 is 0 Å². The lowest BCUT2D eigenvalue weighted by Crippen LogP contribution is -1.96. The molecule has 1 heterocycles. The van der Waals surface area contributed by atoms with E-state index >= 15 is 0 Å². The van der Waals surface area contributed by atoms with Gasteiger partial charge in [0, 0.05) is 23.9 Å². The van der Waals surface area contributed by atoms with Gasteiger partial charge in [-0.1, -0.05) is 13.3 Å². The van der Waals surface area contributed by atoms with E-state index in [0.29, 0.717) is 5.56 Å². The van der Waals surface area contributed by atoms with E-state index in [9.17, 15) is 9.50 Å². The number of nitrogens with zero attached hydrogens (tertiary/aromatic N) is 2. The summed E-state index contributed by atoms with van der Waals surface area (Å²) in [5.41, 5.74) is 1.21. The molecule has 17 heavy (non-hydrogen) atoms. The Morgan fingerprint density at radius 2 is 2.24 bits per heavy atom. The SMILES string of the molecule is CCCCn1cc(-c2cc(F)ccc2O)cn1. The first kappa shape index (κ1) is 11.6. The molecule has 0 radical (unpaired) electrons. The number of aromatic hydroxyl groups is 1. The summed E-state index contributed by atoms with van der Waals surface area (Å²) >= 11 is 0. The van der Waals surface area contributed by atoms with Crippen molar-refractivity contribution in [2.24, 2.45) is 0 Å². The van der Waals surface area contributed by atoms with Crippen LogP contribution in [0.2, 0.25) is 0 Å². The molecule has 0 amide bonds. The maximum absolute atomic E-state index is 13.1. The zero-order valence-corrected chi connectivity index (χ0v) is 9.73. The van der Waals surface area contributed by atoms with E-state index in [4.69, 9.17) is 0 Å². The molecule has 0 saturated carbocycles. The molecule has 2 rings (SSSR count). The lowest BCUT2D eigenvalue weighted by atomic mass is 10.1. The summed E-state index contributed by atoms with van der Waals surface area (Å²) < 4.78 is 14.9. The van der Waals surface area contributed by atoms with Gasteiger partial charge in [0.1, 0.15) is 11.6 Å². The number of aromatic nitrogens is 2. The highest BCUT2D eigenvalue weighted by molar-refractivity contribution is 5.68. The molecule has 0 bridgehead atoms. The Kier molecular flexibility index (Phi) is 3.42. The fraction of sp³-hybridized carbons (Fsp3) is 0.308. The molecule has 0 saturated heterocycles. The van der Waals surface area contributed by atoms with Crippen LogP contribution in [0.5, 0.6) is 5.75 Å². The second-order valence-electron chi connectivity index (χ2n) is 4.01. The zero-order valence-electron chi connectivity index (χ0n) is 9.73. The molecular weight excluding hydrogens is 219 g/mol. The number of aryl methyl sites for hydroxylation is 1. The van der Waals surface area contributed by atoms with Crippen LogP contribution >= 0.6 is 0 Å². The van der Waals surface area contributed by atoms with Crippen LogP contribution in [0.4, 0.5) is 4.39 Å². The van der Waals surface area contributed by atoms with Crippen molar-refractivity contribution in [1.29, 1.82) is 0 Å². The molecule has 1 aromatic carbocycles. The first-order valence-electron chi connectivity index (χ1n) is 5.72. The van der Waals surface area contributed by atoms with Crippen molar-refractivity contribution in [1.82, 2.24) is 9.78 Å². The number of hydrogen-bond donors (Lipinski definition) is 1. The second kappa shape index (κ2) is 4.99. The lowest BCUT2D eigenvalue weighted by molar-refractivity contribution is 0.475. The van der Waals surface area contributed by atoms with E-state index in [0.717, 1.165) is 24.9 Å². The molecule has 4 heteroatoms. The highest BCUT2D eigenvalue weighted by Gasteiger charge is 2.08. The molecule has 0 aliphatic heterocycles. The number of phenols is 1. The second-order valence-corrected chi connectivity index (χ2v) is 4.01. The molecule has 0 unspecified atom stereocenters. The summed E-state index contributed by atoms with van der Waals surface area (Å²) in [7, 11) is 0. The summed E-state index contributed by atoms with van der Waals surface area (Å²) in [6.45, 7) is 2.95. The van der Waals surface area contributed by atoms with Gasteiger partial charge in [-0.25, -0.2) is 4.39 Å². The summed E-state index contributed by atoms with van der Waals surface area (Å²) in [5.74, 6) is -0.291. The molecule has 1 N–H and O–H groups in total. The van der Waals surface area contributed by atoms with E-state index in [1.165, 1.54) is 18.2 Å². The van der Waals surface area contributed by atoms with Crippen molar-refractivity contribution in [2.75, 3.05) is 0 Å². The number of hydrogen-bond acceptors (Lipinski definition) is 2. The largest absolute Gasteiger partial charge is 0.507 e. The number of unbranched alkanes of at least 4 members (excludes halogenated alkanes) is 1. The molecule has 0 aliphatic carbocycles. The smallest absolute Gasteiger partial charge is 0.124 e. The van der Waals surface area contributed by atoms with E-state index in [-0.39, 0.29) is 11.6 Å². The van der Waals surface area contributed by atoms with E-state index in [1.54, 1.807) is 6.20 Å². The van der Waals surface area contributed by atoms with Crippen LogP contribution in [0.25, 0.3) is 11.1 Å². The average Bonchev–Trinajstić information content (AvgIpc) is 2.78. The van der Waals surface area contributed by atoms with Gasteiger partial charge in [0.05, 0.1) is 6.20 Å². The van der Waals surface area contributed by atoms with Crippen molar-refractivity contribution in [3.05, 3.63) is 36.4 Å². The summed E-state index contributed by atoms with van der Waals surface area (Å²) in [4.78, 5) is 0. The summed E-state index contributed by atoms with van der Waals surface area (Å²) in [6.07, 6.45) is 5.62. The third kappa shape index (κ3) is 2.64. The predicted molar refractivity (Wildman–Crippen MR) is 64.2 cm³/mol. The summed E-state index contributed by atoms with van der Waals surface area (Å²) in [6, 6.07) is 3.91. The Balaban J connectivity index is 2.27. The lowest BCUT2D eigenvalue weighted by Gasteiger charge is -2.01. The number of benzene rings is 1. The van der Waals surface area contributed by atoms with Gasteiger partial charge >= 0.3 is 0 Å². The van der Waals surface area contributed by atoms with Crippen LogP contribution in [0.1, 0.15) is 19.8 Å². The Morgan fingerprint density at radius 3 is 3.00 bits per heavy atom. The van der Waals surface area contributed by atoms with Gasteiger partial charge in [-0.2, -0.15) is 5.10 Å². The quantitative estimate of drug-likeness (QED) is 0.882. The van der Waals surface area contributed by atoms with Gasteiger partial charge in [-0.3, -0.25) is 4.68 Å². The Morgan fingerprint density at radius 1 is 1.41 bits per heavy atom. The van der Waals surface area contributed by atoms with E-state index in [1.807, 2.05) is 10.9 Å². The van der Waals surface area contributed by atoms with Crippen molar-refractivity contribution in [2.45, 2.75) is 26.3 Å². The minimum Gasteiger partial charge on any atom is -0.507 e. The molecular formula is C13H15FN2O. The first-order valence-corrected chi connectivity index (χ1v) is 5.72. The topological polar surface area (TPSA) is 38.0 Å². The van der Waals surface area contributed by atoms with Crippen molar-refractivity contribution in [3.63, 3.8) is 0 Å². The van der Waals surface area contributed by atoms with Crippen molar-refractivity contribution < 1.29 is 9.50 Å². The molecule has 0 spiro atoms. The van der Waals surface area contributed by atoms with E-state index in [2.05, 4.69) is 12.0 Å². The van der Waals surface area contributed by atoms with Crippen molar-refractivity contribution in [3.8, 4) is 16.9 Å². The normalized spacial score (nSPS) is 10.7. The highest BCUT2D eigenvalue weighted by atomic mass is 19.1. The van der Waals surface area contributed by atoms with Crippen LogP contribution in [0.15, 0.2) is 30.6 Å². The van der Waals surface area contributed by atoms with Crippen LogP contribution in [-0.4, -0.2) is 14.9 Å². The third-order valence-electron chi connectivity index (χ3n) is 2.64. The molecule has 0 atom stereocenters. The Labute approximate surface area is 99.5 Å². The fourth-order valence-electron chi connectivity index (χ4n) is 1.68. The van der Waals surface area contributed by atoms with E-state index < -0.39 is 0 Å². The zero-order chi connectivity index (χ0) is 12.3. The Hall–Kier alpha value is -1.84. The van der Waals surface area contributed by atoms with Gasteiger partial charge in [0.2, 0.25) is 0 Å². The molecule has 1 aromatic heterocycles. The van der Waals surface area contributed by atoms with Gasteiger partial charge in [-0.05, 0) is 24.6 Å². The number of phenolic OH excluding ortho intramolecular Hbond substituents is 1.